The summed E-state index contributed by atoms with van der Waals surface area (Å²) >= 11 is 0. The largest absolute Gasteiger partial charge is 0.481 e. The van der Waals surface area contributed by atoms with E-state index >= 15 is 0 Å². The van der Waals surface area contributed by atoms with Crippen molar-refractivity contribution in [2.45, 2.75) is 26.3 Å². The number of hydrogen-bond donors (Lipinski definition) is 2. The van der Waals surface area contributed by atoms with Crippen LogP contribution < -0.4 is 5.32 Å². The van der Waals surface area contributed by atoms with E-state index in [2.05, 4.69) is 19.2 Å². The molecule has 6 heteroatoms. The maximum absolute atomic E-state index is 12.1. The molecule has 0 radical (unpaired) electrons. The average Bonchev–Trinajstić information content (AvgIpc) is 2.80. The quantitative estimate of drug-likeness (QED) is 0.777. The minimum absolute atomic E-state index is 0.166. The first-order chi connectivity index (χ1) is 8.99. The van der Waals surface area contributed by atoms with Gasteiger partial charge in [-0.15, -0.1) is 0 Å². The third-order valence-corrected chi connectivity index (χ3v) is 4.33. The normalized spacial score (nSPS) is 35.2. The van der Waals surface area contributed by atoms with Crippen molar-refractivity contribution in [2.75, 3.05) is 26.3 Å². The van der Waals surface area contributed by atoms with Crippen LogP contribution >= 0.6 is 0 Å². The Morgan fingerprint density at radius 3 is 2.63 bits per heavy atom. The minimum Gasteiger partial charge on any atom is -0.481 e. The van der Waals surface area contributed by atoms with Crippen molar-refractivity contribution in [3.05, 3.63) is 0 Å². The molecule has 19 heavy (non-hydrogen) atoms. The maximum atomic E-state index is 12.1. The summed E-state index contributed by atoms with van der Waals surface area (Å²) in [5.74, 6) is -0.436. The van der Waals surface area contributed by atoms with Gasteiger partial charge in [0.1, 0.15) is 5.92 Å². The molecule has 2 aliphatic heterocycles. The van der Waals surface area contributed by atoms with Crippen molar-refractivity contribution in [2.24, 2.45) is 17.8 Å². The topological polar surface area (TPSA) is 78.9 Å². The number of carbonyl (C=O) groups is 2. The summed E-state index contributed by atoms with van der Waals surface area (Å²) in [5, 5.41) is 11.8. The molecule has 0 aromatic rings. The summed E-state index contributed by atoms with van der Waals surface area (Å²) in [4.78, 5) is 24.9. The molecule has 0 aromatic carbocycles. The Bertz CT molecular complexity index is 361. The third-order valence-electron chi connectivity index (χ3n) is 4.33. The predicted octanol–water partition coefficient (Wildman–Crippen LogP) is 0.773. The summed E-state index contributed by atoms with van der Waals surface area (Å²) < 4.78 is 5.14. The van der Waals surface area contributed by atoms with Crippen LogP contribution in [-0.2, 0) is 9.53 Å². The number of urea groups is 1. The smallest absolute Gasteiger partial charge is 0.317 e. The predicted molar refractivity (Wildman–Crippen MR) is 68.8 cm³/mol. The fraction of sp³-hybridized carbons (Fsp3) is 0.846. The lowest BCUT2D eigenvalue weighted by Crippen LogP contribution is -2.52. The van der Waals surface area contributed by atoms with E-state index in [1.165, 1.54) is 0 Å². The molecular weight excluding hydrogens is 248 g/mol. The number of hydrogen-bond acceptors (Lipinski definition) is 3. The maximum Gasteiger partial charge on any atom is 0.317 e. The number of aliphatic carboxylic acids is 1. The molecule has 2 fully saturated rings. The van der Waals surface area contributed by atoms with Crippen LogP contribution in [0.15, 0.2) is 0 Å². The van der Waals surface area contributed by atoms with Gasteiger partial charge in [0.25, 0.3) is 0 Å². The molecule has 2 N–H and O–H groups in total. The Morgan fingerprint density at radius 1 is 1.26 bits per heavy atom. The fourth-order valence-corrected chi connectivity index (χ4v) is 2.64. The highest BCUT2D eigenvalue weighted by atomic mass is 16.5. The second-order valence-electron chi connectivity index (χ2n) is 5.73. The molecule has 6 nitrogen and oxygen atoms in total. The number of piperidine rings is 1. The van der Waals surface area contributed by atoms with Crippen molar-refractivity contribution in [3.8, 4) is 0 Å². The molecule has 0 saturated carbocycles. The Labute approximate surface area is 113 Å². The SMILES string of the molecule is CC1CCN(C(=O)NC2COCC2C(=O)O)CC1C. The standard InChI is InChI=1S/C13H22N2O4/c1-8-3-4-15(5-9(8)2)13(18)14-11-7-19-6-10(11)12(16)17/h8-11H,3-7H2,1-2H3,(H,14,18)(H,16,17). The lowest BCUT2D eigenvalue weighted by molar-refractivity contribution is -0.142. The number of carboxylic acids is 1. The van der Waals surface area contributed by atoms with Crippen LogP contribution in [0.2, 0.25) is 0 Å². The molecule has 2 aliphatic rings. The van der Waals surface area contributed by atoms with Gasteiger partial charge in [-0.3, -0.25) is 4.79 Å². The monoisotopic (exact) mass is 270 g/mol. The third kappa shape index (κ3) is 3.18. The zero-order valence-corrected chi connectivity index (χ0v) is 11.5. The molecule has 2 heterocycles. The zero-order chi connectivity index (χ0) is 14.0. The summed E-state index contributed by atoms with van der Waals surface area (Å²) in [6, 6.07) is -0.583. The van der Waals surface area contributed by atoms with E-state index < -0.39 is 17.9 Å². The van der Waals surface area contributed by atoms with Gasteiger partial charge in [-0.25, -0.2) is 4.79 Å². The number of carbonyl (C=O) groups excluding carboxylic acids is 1. The molecule has 0 spiro atoms. The van der Waals surface area contributed by atoms with Crippen molar-refractivity contribution in [3.63, 3.8) is 0 Å². The van der Waals surface area contributed by atoms with Gasteiger partial charge < -0.3 is 20.1 Å². The van der Waals surface area contributed by atoms with Crippen LogP contribution in [0.3, 0.4) is 0 Å². The molecule has 4 unspecified atom stereocenters. The molecule has 2 rings (SSSR count). The highest BCUT2D eigenvalue weighted by Gasteiger charge is 2.36. The molecular formula is C13H22N2O4. The van der Waals surface area contributed by atoms with E-state index in [1.807, 2.05) is 0 Å². The highest BCUT2D eigenvalue weighted by molar-refractivity contribution is 5.77. The van der Waals surface area contributed by atoms with Gasteiger partial charge in [-0.1, -0.05) is 13.8 Å². The van der Waals surface area contributed by atoms with Crippen LogP contribution in [0, 0.1) is 17.8 Å². The van der Waals surface area contributed by atoms with Gasteiger partial charge >= 0.3 is 12.0 Å². The zero-order valence-electron chi connectivity index (χ0n) is 11.5. The van der Waals surface area contributed by atoms with Crippen LogP contribution in [0.4, 0.5) is 4.79 Å². The van der Waals surface area contributed by atoms with E-state index in [0.29, 0.717) is 11.8 Å². The van der Waals surface area contributed by atoms with Crippen LogP contribution in [0.25, 0.3) is 0 Å². The first-order valence-corrected chi connectivity index (χ1v) is 6.85. The van der Waals surface area contributed by atoms with Gasteiger partial charge in [-0.2, -0.15) is 0 Å². The summed E-state index contributed by atoms with van der Waals surface area (Å²) in [6.45, 7) is 6.27. The Hall–Kier alpha value is -1.30. The Kier molecular flexibility index (Phi) is 4.29. The minimum atomic E-state index is -0.913. The number of carboxylic acid groups (broad SMARTS) is 1. The van der Waals surface area contributed by atoms with Crippen LogP contribution in [0.1, 0.15) is 20.3 Å². The van der Waals surface area contributed by atoms with Gasteiger partial charge in [0.05, 0.1) is 19.3 Å². The van der Waals surface area contributed by atoms with E-state index in [-0.39, 0.29) is 19.2 Å². The summed E-state index contributed by atoms with van der Waals surface area (Å²) in [5.41, 5.74) is 0. The average molecular weight is 270 g/mol. The summed E-state index contributed by atoms with van der Waals surface area (Å²) in [6.07, 6.45) is 0.998. The van der Waals surface area contributed by atoms with E-state index in [9.17, 15) is 9.59 Å². The molecule has 0 bridgehead atoms. The number of ether oxygens (including phenoxy) is 1. The van der Waals surface area contributed by atoms with Crippen LogP contribution in [-0.4, -0.2) is 54.4 Å². The molecule has 0 aromatic heterocycles. The van der Waals surface area contributed by atoms with Crippen LogP contribution in [0.5, 0.6) is 0 Å². The Morgan fingerprint density at radius 2 is 2.00 bits per heavy atom. The number of likely N-dealkylation sites (tertiary alicyclic amines) is 1. The van der Waals surface area contributed by atoms with Crippen molar-refractivity contribution >= 4 is 12.0 Å². The first-order valence-electron chi connectivity index (χ1n) is 6.85. The van der Waals surface area contributed by atoms with E-state index in [0.717, 1.165) is 19.5 Å². The molecule has 2 amide bonds. The van der Waals surface area contributed by atoms with Crippen molar-refractivity contribution in [1.82, 2.24) is 10.2 Å². The Balaban J connectivity index is 1.89. The number of nitrogens with one attached hydrogen (secondary N) is 1. The van der Waals surface area contributed by atoms with Crippen molar-refractivity contribution in [1.29, 1.82) is 0 Å². The van der Waals surface area contributed by atoms with E-state index in [1.54, 1.807) is 4.90 Å². The highest BCUT2D eigenvalue weighted by Crippen LogP contribution is 2.23. The van der Waals surface area contributed by atoms with Gasteiger partial charge in [0, 0.05) is 13.1 Å². The molecule has 4 atom stereocenters. The van der Waals surface area contributed by atoms with Gasteiger partial charge in [-0.05, 0) is 18.3 Å². The number of rotatable bonds is 2. The fourth-order valence-electron chi connectivity index (χ4n) is 2.64. The summed E-state index contributed by atoms with van der Waals surface area (Å²) in [7, 11) is 0. The van der Waals surface area contributed by atoms with Gasteiger partial charge in [0.15, 0.2) is 0 Å². The second kappa shape index (κ2) is 5.77. The van der Waals surface area contributed by atoms with E-state index in [4.69, 9.17) is 9.84 Å². The molecule has 108 valence electrons. The molecule has 2 saturated heterocycles. The lowest BCUT2D eigenvalue weighted by Gasteiger charge is -2.36. The first kappa shape index (κ1) is 14.1. The number of amides is 2. The molecule has 0 aliphatic carbocycles. The van der Waals surface area contributed by atoms with Crippen molar-refractivity contribution < 1.29 is 19.4 Å². The van der Waals surface area contributed by atoms with Gasteiger partial charge in [0.2, 0.25) is 0 Å². The lowest BCUT2D eigenvalue weighted by atomic mass is 9.89. The number of nitrogens with zero attached hydrogens (tertiary/aromatic N) is 1. The second-order valence-corrected chi connectivity index (χ2v) is 5.73.